The predicted octanol–water partition coefficient (Wildman–Crippen LogP) is 3.78. The molecule has 0 aromatic heterocycles. The van der Waals surface area contributed by atoms with Gasteiger partial charge in [0, 0.05) is 0 Å². The molecule has 0 radical (unpaired) electrons. The molecule has 1 fully saturated rings. The Hall–Kier alpha value is -0.300. The maximum Gasteiger partial charge on any atom is 0.0885 e. The lowest BCUT2D eigenvalue weighted by Gasteiger charge is -2.50. The minimum atomic E-state index is -0.473. The summed E-state index contributed by atoms with van der Waals surface area (Å²) in [4.78, 5) is 0. The summed E-state index contributed by atoms with van der Waals surface area (Å²) < 4.78 is 0. The Morgan fingerprint density at radius 2 is 2.12 bits per heavy atom. The van der Waals surface area contributed by atoms with Gasteiger partial charge in [-0.1, -0.05) is 26.8 Å². The smallest absolute Gasteiger partial charge is 0.0885 e. The quantitative estimate of drug-likeness (QED) is 0.669. The molecule has 0 aromatic carbocycles. The molecule has 0 aliphatic heterocycles. The fourth-order valence-corrected chi connectivity index (χ4v) is 3.81. The second-order valence-electron chi connectivity index (χ2n) is 6.44. The van der Waals surface area contributed by atoms with Crippen molar-refractivity contribution in [1.82, 2.24) is 0 Å². The van der Waals surface area contributed by atoms with E-state index in [0.717, 1.165) is 12.3 Å². The third-order valence-corrected chi connectivity index (χ3v) is 5.04. The molecule has 0 bridgehead atoms. The molecule has 2 rings (SSSR count). The fourth-order valence-electron chi connectivity index (χ4n) is 3.81. The zero-order valence-corrected chi connectivity index (χ0v) is 11.2. The minimum Gasteiger partial charge on any atom is -0.385 e. The number of fused-ring (bicyclic) bond motifs is 1. The molecule has 2 aliphatic rings. The first-order valence-corrected chi connectivity index (χ1v) is 6.84. The van der Waals surface area contributed by atoms with Gasteiger partial charge in [-0.15, -0.1) is 0 Å². The summed E-state index contributed by atoms with van der Waals surface area (Å²) in [6.07, 6.45) is 6.83. The van der Waals surface area contributed by atoms with Crippen LogP contribution in [-0.2, 0) is 0 Å². The molecule has 16 heavy (non-hydrogen) atoms. The number of hydrogen-bond donors (Lipinski definition) is 1. The van der Waals surface area contributed by atoms with Gasteiger partial charge in [0.25, 0.3) is 0 Å². The van der Waals surface area contributed by atoms with Crippen molar-refractivity contribution in [2.75, 3.05) is 0 Å². The highest BCUT2D eigenvalue weighted by Crippen LogP contribution is 2.50. The van der Waals surface area contributed by atoms with E-state index in [1.165, 1.54) is 24.8 Å². The van der Waals surface area contributed by atoms with Crippen LogP contribution in [0.25, 0.3) is 0 Å². The summed E-state index contributed by atoms with van der Waals surface area (Å²) in [7, 11) is 0. The molecule has 1 saturated carbocycles. The van der Waals surface area contributed by atoms with Crippen molar-refractivity contribution in [2.24, 2.45) is 23.7 Å². The number of rotatable bonds is 1. The number of allylic oxidation sites excluding steroid dienone is 1. The first-order chi connectivity index (χ1) is 7.45. The number of aliphatic hydroxyl groups is 1. The normalized spacial score (nSPS) is 44.1. The molecule has 0 saturated heterocycles. The van der Waals surface area contributed by atoms with E-state index in [1.807, 2.05) is 0 Å². The van der Waals surface area contributed by atoms with Crippen molar-refractivity contribution < 1.29 is 5.11 Å². The van der Waals surface area contributed by atoms with Gasteiger partial charge in [0.2, 0.25) is 0 Å². The Kier molecular flexibility index (Phi) is 3.18. The van der Waals surface area contributed by atoms with Gasteiger partial charge in [0.05, 0.1) is 5.60 Å². The van der Waals surface area contributed by atoms with E-state index >= 15 is 0 Å². The summed E-state index contributed by atoms with van der Waals surface area (Å²) in [5.74, 6) is 2.65. The van der Waals surface area contributed by atoms with Crippen LogP contribution in [0.2, 0.25) is 0 Å². The molecule has 1 N–H and O–H groups in total. The van der Waals surface area contributed by atoms with Crippen molar-refractivity contribution in [3.8, 4) is 0 Å². The molecule has 0 spiro atoms. The van der Waals surface area contributed by atoms with Crippen LogP contribution >= 0.6 is 0 Å². The molecule has 0 heterocycles. The first kappa shape index (κ1) is 12.2. The third-order valence-electron chi connectivity index (χ3n) is 5.04. The molecule has 92 valence electrons. The lowest BCUT2D eigenvalue weighted by atomic mass is 9.58. The van der Waals surface area contributed by atoms with Gasteiger partial charge in [-0.25, -0.2) is 0 Å². The Balaban J connectivity index is 2.30. The Morgan fingerprint density at radius 3 is 2.75 bits per heavy atom. The van der Waals surface area contributed by atoms with Crippen LogP contribution in [-0.4, -0.2) is 10.7 Å². The maximum absolute atomic E-state index is 10.9. The van der Waals surface area contributed by atoms with Crippen LogP contribution in [0.5, 0.6) is 0 Å². The van der Waals surface area contributed by atoms with E-state index in [-0.39, 0.29) is 0 Å². The van der Waals surface area contributed by atoms with Gasteiger partial charge in [0.1, 0.15) is 0 Å². The van der Waals surface area contributed by atoms with Crippen LogP contribution in [0.1, 0.15) is 53.4 Å². The Morgan fingerprint density at radius 1 is 1.44 bits per heavy atom. The van der Waals surface area contributed by atoms with Gasteiger partial charge in [0.15, 0.2) is 0 Å². The third kappa shape index (κ3) is 1.84. The van der Waals surface area contributed by atoms with Crippen molar-refractivity contribution in [3.05, 3.63) is 11.6 Å². The monoisotopic (exact) mass is 222 g/mol. The topological polar surface area (TPSA) is 20.2 Å². The van der Waals surface area contributed by atoms with Crippen molar-refractivity contribution >= 4 is 0 Å². The molecule has 4 atom stereocenters. The number of hydrogen-bond acceptors (Lipinski definition) is 1. The van der Waals surface area contributed by atoms with Crippen LogP contribution in [0, 0.1) is 23.7 Å². The molecule has 1 heteroatoms. The zero-order chi connectivity index (χ0) is 11.9. The predicted molar refractivity (Wildman–Crippen MR) is 68.2 cm³/mol. The summed E-state index contributed by atoms with van der Waals surface area (Å²) >= 11 is 0. The Bertz CT molecular complexity index is 292. The summed E-state index contributed by atoms with van der Waals surface area (Å²) in [6.45, 7) is 9.07. The van der Waals surface area contributed by atoms with Crippen LogP contribution in [0.4, 0.5) is 0 Å². The highest BCUT2D eigenvalue weighted by atomic mass is 16.3. The van der Waals surface area contributed by atoms with Gasteiger partial charge in [-0.05, 0) is 61.9 Å². The summed E-state index contributed by atoms with van der Waals surface area (Å²) in [5, 5.41) is 10.9. The summed E-state index contributed by atoms with van der Waals surface area (Å²) in [6, 6.07) is 0. The molecule has 0 unspecified atom stereocenters. The average Bonchev–Trinajstić information content (AvgIpc) is 2.21. The molecule has 0 aromatic rings. The van der Waals surface area contributed by atoms with Crippen molar-refractivity contribution in [3.63, 3.8) is 0 Å². The van der Waals surface area contributed by atoms with E-state index in [0.29, 0.717) is 17.8 Å². The lowest BCUT2D eigenvalue weighted by molar-refractivity contribution is -0.0692. The SMILES string of the molecule is CC1=CC[C@@H](C(C)C)[C@H]2C[C@@H](C)CC[C@@]12O. The van der Waals surface area contributed by atoms with Crippen molar-refractivity contribution in [1.29, 1.82) is 0 Å². The molecule has 1 nitrogen and oxygen atoms in total. The van der Waals surface area contributed by atoms with Crippen LogP contribution in [0.3, 0.4) is 0 Å². The highest BCUT2D eigenvalue weighted by Gasteiger charge is 2.48. The molecule has 2 aliphatic carbocycles. The standard InChI is InChI=1S/C15H26O/c1-10(2)13-6-5-12(4)15(16)8-7-11(3)9-14(13)15/h5,10-11,13-14,16H,6-9H2,1-4H3/t11-,13-,14+,15+/m0/s1. The van der Waals surface area contributed by atoms with Gasteiger partial charge in [-0.2, -0.15) is 0 Å². The molecular weight excluding hydrogens is 196 g/mol. The largest absolute Gasteiger partial charge is 0.385 e. The van der Waals surface area contributed by atoms with E-state index < -0.39 is 5.60 Å². The Labute approximate surface area is 99.9 Å². The van der Waals surface area contributed by atoms with Crippen molar-refractivity contribution in [2.45, 2.75) is 59.0 Å². The minimum absolute atomic E-state index is 0.473. The molecular formula is C15H26O. The van der Waals surface area contributed by atoms with Gasteiger partial charge in [-0.3, -0.25) is 0 Å². The molecule has 0 amide bonds. The van der Waals surface area contributed by atoms with E-state index in [2.05, 4.69) is 33.8 Å². The second kappa shape index (κ2) is 4.18. The van der Waals surface area contributed by atoms with E-state index in [1.54, 1.807) is 0 Å². The zero-order valence-electron chi connectivity index (χ0n) is 11.2. The fraction of sp³-hybridized carbons (Fsp3) is 0.867. The summed E-state index contributed by atoms with van der Waals surface area (Å²) in [5.41, 5.74) is 0.765. The first-order valence-electron chi connectivity index (χ1n) is 6.84. The lowest BCUT2D eigenvalue weighted by Crippen LogP contribution is -2.50. The van der Waals surface area contributed by atoms with Crippen LogP contribution in [0.15, 0.2) is 11.6 Å². The average molecular weight is 222 g/mol. The highest BCUT2D eigenvalue weighted by molar-refractivity contribution is 5.22. The second-order valence-corrected chi connectivity index (χ2v) is 6.44. The van der Waals surface area contributed by atoms with Gasteiger partial charge >= 0.3 is 0 Å². The van der Waals surface area contributed by atoms with E-state index in [4.69, 9.17) is 0 Å². The van der Waals surface area contributed by atoms with Gasteiger partial charge < -0.3 is 5.11 Å². The van der Waals surface area contributed by atoms with E-state index in [9.17, 15) is 5.11 Å². The maximum atomic E-state index is 10.9. The van der Waals surface area contributed by atoms with Crippen LogP contribution < -0.4 is 0 Å².